The molecule has 7 atom stereocenters. The summed E-state index contributed by atoms with van der Waals surface area (Å²) >= 11 is 0. The summed E-state index contributed by atoms with van der Waals surface area (Å²) in [6.45, 7) is 11.0. The Bertz CT molecular complexity index is 1140. The second kappa shape index (κ2) is 10.5. The highest BCUT2D eigenvalue weighted by molar-refractivity contribution is 6.04. The number of aliphatic hydroxyl groups is 2. The number of carbonyl (C=O) groups excluding carboxylic acids is 3. The molecule has 0 heterocycles. The molecule has 0 aromatic rings. The average molecular weight is 541 g/mol. The van der Waals surface area contributed by atoms with E-state index in [1.54, 1.807) is 19.1 Å². The molecule has 2 N–H and O–H groups in total. The van der Waals surface area contributed by atoms with E-state index in [1.165, 1.54) is 19.4 Å². The van der Waals surface area contributed by atoms with Gasteiger partial charge in [-0.1, -0.05) is 70.9 Å². The summed E-state index contributed by atoms with van der Waals surface area (Å²) in [4.78, 5) is 37.8. The highest BCUT2D eigenvalue weighted by atomic mass is 16.6. The number of fused-ring (bicyclic) bond motifs is 5. The number of hydrogen-bond donors (Lipinski definition) is 2. The number of esters is 2. The minimum absolute atomic E-state index is 0.0313. The van der Waals surface area contributed by atoms with Crippen LogP contribution in [0.3, 0.4) is 0 Å². The fourth-order valence-electron chi connectivity index (χ4n) is 7.82. The first-order chi connectivity index (χ1) is 18.3. The Labute approximate surface area is 232 Å². The molecule has 0 bridgehead atoms. The molecule has 0 unspecified atom stereocenters. The second-order valence-electron chi connectivity index (χ2n) is 12.7. The molecule has 4 aliphatic carbocycles. The lowest BCUT2D eigenvalue weighted by atomic mass is 9.60. The van der Waals surface area contributed by atoms with Crippen LogP contribution in [0.15, 0.2) is 47.6 Å². The number of allylic oxidation sites excluding steroid dienone is 3. The van der Waals surface area contributed by atoms with Gasteiger partial charge in [0, 0.05) is 42.6 Å². The Morgan fingerprint density at radius 1 is 1.15 bits per heavy atom. The topological polar surface area (TPSA) is 110 Å². The fourth-order valence-corrected chi connectivity index (χ4v) is 7.82. The third-order valence-corrected chi connectivity index (χ3v) is 9.87. The van der Waals surface area contributed by atoms with Crippen molar-refractivity contribution in [3.8, 4) is 0 Å². The highest BCUT2D eigenvalue weighted by Gasteiger charge is 2.83. The summed E-state index contributed by atoms with van der Waals surface area (Å²) in [5.41, 5.74) is -3.53. The zero-order chi connectivity index (χ0) is 28.8. The molecule has 214 valence electrons. The summed E-state index contributed by atoms with van der Waals surface area (Å²) in [7, 11) is 0. The maximum Gasteiger partial charge on any atom is 0.331 e. The molecule has 2 saturated carbocycles. The Morgan fingerprint density at radius 3 is 2.54 bits per heavy atom. The van der Waals surface area contributed by atoms with Crippen molar-refractivity contribution in [2.45, 2.75) is 96.9 Å². The van der Waals surface area contributed by atoms with Gasteiger partial charge in [0.15, 0.2) is 5.78 Å². The number of hydrogen-bond acceptors (Lipinski definition) is 7. The van der Waals surface area contributed by atoms with Gasteiger partial charge < -0.3 is 19.7 Å². The van der Waals surface area contributed by atoms with Gasteiger partial charge in [0.2, 0.25) is 0 Å². The van der Waals surface area contributed by atoms with Crippen molar-refractivity contribution < 1.29 is 34.1 Å². The van der Waals surface area contributed by atoms with Crippen molar-refractivity contribution in [1.82, 2.24) is 0 Å². The van der Waals surface area contributed by atoms with Crippen LogP contribution in [0.4, 0.5) is 0 Å². The summed E-state index contributed by atoms with van der Waals surface area (Å²) < 4.78 is 11.5. The molecule has 0 radical (unpaired) electrons. The molecule has 0 aliphatic heterocycles. The molecule has 7 heteroatoms. The number of carbonyl (C=O) groups is 3. The van der Waals surface area contributed by atoms with Gasteiger partial charge in [-0.2, -0.15) is 0 Å². The largest absolute Gasteiger partial charge is 0.461 e. The highest BCUT2D eigenvalue weighted by Crippen LogP contribution is 2.76. The summed E-state index contributed by atoms with van der Waals surface area (Å²) in [6.07, 6.45) is 15.5. The Balaban J connectivity index is 1.65. The van der Waals surface area contributed by atoms with Crippen molar-refractivity contribution >= 4 is 17.7 Å². The Hall–Kier alpha value is -2.51. The third-order valence-electron chi connectivity index (χ3n) is 9.87. The van der Waals surface area contributed by atoms with Crippen molar-refractivity contribution in [2.75, 3.05) is 6.61 Å². The van der Waals surface area contributed by atoms with Crippen molar-refractivity contribution in [1.29, 1.82) is 0 Å². The maximum atomic E-state index is 13.2. The van der Waals surface area contributed by atoms with Crippen LogP contribution in [0.2, 0.25) is 0 Å². The molecule has 7 nitrogen and oxygen atoms in total. The van der Waals surface area contributed by atoms with E-state index in [1.807, 2.05) is 39.0 Å². The number of ether oxygens (including phenoxy) is 2. The van der Waals surface area contributed by atoms with Gasteiger partial charge in [-0.05, 0) is 43.3 Å². The van der Waals surface area contributed by atoms with Crippen molar-refractivity contribution in [3.63, 3.8) is 0 Å². The molecule has 39 heavy (non-hydrogen) atoms. The van der Waals surface area contributed by atoms with Gasteiger partial charge in [0.05, 0.1) is 5.60 Å². The van der Waals surface area contributed by atoms with E-state index < -0.39 is 57.7 Å². The van der Waals surface area contributed by atoms with Gasteiger partial charge in [0.25, 0.3) is 0 Å². The van der Waals surface area contributed by atoms with Crippen LogP contribution in [0.1, 0.15) is 80.1 Å². The SMILES string of the molecule is CCCCC/C=C/C=C/C(=O)O[C@@]12C[C@@H](C)[C@@]3(O)[C@@H](C=C(COC(C)=O)C[C@]4(O)C(=O)C(C)=C[C@@H]34)[C@@H]1C2(C)C. The van der Waals surface area contributed by atoms with Gasteiger partial charge in [-0.3, -0.25) is 9.59 Å². The summed E-state index contributed by atoms with van der Waals surface area (Å²) in [5, 5.41) is 24.2. The molecule has 4 rings (SSSR count). The smallest absolute Gasteiger partial charge is 0.331 e. The molecule has 0 saturated heterocycles. The zero-order valence-electron chi connectivity index (χ0n) is 24.2. The molecular formula is C32H44O7. The molecule has 0 amide bonds. The van der Waals surface area contributed by atoms with Gasteiger partial charge in [0.1, 0.15) is 17.8 Å². The standard InChI is InChI=1S/C32H44O7/c1-7-8-9-10-11-12-13-14-26(34)39-31-17-21(3)32(37)24(27(31)29(31,5)6)16-23(19-38-22(4)33)18-30(36)25(32)15-20(2)28(30)35/h11-16,21,24-25,27,36-37H,7-10,17-19H2,1-6H3/b12-11+,14-13+/t21-,24+,25-,27-,30-,31+,32-/m1/s1. The van der Waals surface area contributed by atoms with Crippen LogP contribution in [0.25, 0.3) is 0 Å². The van der Waals surface area contributed by atoms with Gasteiger partial charge >= 0.3 is 11.9 Å². The number of rotatable bonds is 9. The Morgan fingerprint density at radius 2 is 1.87 bits per heavy atom. The molecule has 0 spiro atoms. The number of ketones is 1. The summed E-state index contributed by atoms with van der Waals surface area (Å²) in [5.74, 6) is -3.29. The zero-order valence-corrected chi connectivity index (χ0v) is 24.2. The van der Waals surface area contributed by atoms with E-state index in [2.05, 4.69) is 6.92 Å². The first-order valence-corrected chi connectivity index (χ1v) is 14.3. The predicted molar refractivity (Wildman–Crippen MR) is 147 cm³/mol. The van der Waals surface area contributed by atoms with E-state index in [4.69, 9.17) is 9.47 Å². The van der Waals surface area contributed by atoms with Gasteiger partial charge in [-0.25, -0.2) is 4.79 Å². The fraction of sp³-hybridized carbons (Fsp3) is 0.656. The van der Waals surface area contributed by atoms with Crippen LogP contribution in [-0.2, 0) is 23.9 Å². The lowest BCUT2D eigenvalue weighted by Crippen LogP contribution is -2.61. The molecule has 0 aromatic carbocycles. The summed E-state index contributed by atoms with van der Waals surface area (Å²) in [6, 6.07) is 0. The van der Waals surface area contributed by atoms with Crippen LogP contribution in [0.5, 0.6) is 0 Å². The van der Waals surface area contributed by atoms with Crippen molar-refractivity contribution in [3.05, 3.63) is 47.6 Å². The normalized spacial score (nSPS) is 38.4. The Kier molecular flexibility index (Phi) is 7.91. The average Bonchev–Trinajstić information content (AvgIpc) is 3.26. The first kappa shape index (κ1) is 29.5. The molecule has 0 aromatic heterocycles. The van der Waals surface area contributed by atoms with Crippen molar-refractivity contribution in [2.24, 2.45) is 29.1 Å². The molecular weight excluding hydrogens is 496 g/mol. The van der Waals surface area contributed by atoms with Crippen LogP contribution in [0, 0.1) is 29.1 Å². The maximum absolute atomic E-state index is 13.2. The lowest BCUT2D eigenvalue weighted by Gasteiger charge is -2.50. The van der Waals surface area contributed by atoms with Crippen LogP contribution in [-0.4, -0.2) is 51.3 Å². The van der Waals surface area contributed by atoms with E-state index >= 15 is 0 Å². The molecule has 2 fully saturated rings. The van der Waals surface area contributed by atoms with E-state index in [0.29, 0.717) is 17.6 Å². The van der Waals surface area contributed by atoms with E-state index in [0.717, 1.165) is 19.3 Å². The quantitative estimate of drug-likeness (QED) is 0.142. The van der Waals surface area contributed by atoms with Gasteiger partial charge in [-0.15, -0.1) is 0 Å². The lowest BCUT2D eigenvalue weighted by molar-refractivity contribution is -0.185. The van der Waals surface area contributed by atoms with E-state index in [-0.39, 0.29) is 18.9 Å². The number of Topliss-reactive ketones (excluding diaryl/α,β-unsaturated/α-hetero) is 1. The molecule has 4 aliphatic rings. The number of unbranched alkanes of at least 4 members (excludes halogenated alkanes) is 3. The monoisotopic (exact) mass is 540 g/mol. The first-order valence-electron chi connectivity index (χ1n) is 14.3. The second-order valence-corrected chi connectivity index (χ2v) is 12.7. The minimum atomic E-state index is -1.82. The van der Waals surface area contributed by atoms with Crippen LogP contribution < -0.4 is 0 Å². The third kappa shape index (κ3) is 4.76. The predicted octanol–water partition coefficient (Wildman–Crippen LogP) is 4.77. The van der Waals surface area contributed by atoms with E-state index in [9.17, 15) is 24.6 Å². The minimum Gasteiger partial charge on any atom is -0.461 e. The van der Waals surface area contributed by atoms with Crippen LogP contribution >= 0.6 is 0 Å².